The Morgan fingerprint density at radius 1 is 1.43 bits per heavy atom. The molecule has 3 N–H and O–H groups in total. The molecule has 0 aromatic carbocycles. The minimum Gasteiger partial charge on any atom is -0.480 e. The summed E-state index contributed by atoms with van der Waals surface area (Å²) in [4.78, 5) is 33.6. The fourth-order valence-electron chi connectivity index (χ4n) is 1.59. The molecule has 8 heteroatoms. The second-order valence-electron chi connectivity index (χ2n) is 4.29. The number of carboxylic acids is 1. The molecule has 2 amide bonds. The molecule has 116 valence electrons. The summed E-state index contributed by atoms with van der Waals surface area (Å²) in [6, 6.07) is 0.272. The minimum absolute atomic E-state index is 0.0139. The third-order valence-electron chi connectivity index (χ3n) is 2.75. The molecule has 7 nitrogen and oxygen atoms in total. The van der Waals surface area contributed by atoms with Crippen LogP contribution in [-0.4, -0.2) is 42.8 Å². The first kappa shape index (κ1) is 17.0. The van der Waals surface area contributed by atoms with E-state index in [1.807, 2.05) is 16.8 Å². The largest absolute Gasteiger partial charge is 0.480 e. The molecule has 0 aliphatic rings. The average molecular weight is 314 g/mol. The molecule has 0 aliphatic heterocycles. The second kappa shape index (κ2) is 8.96. The van der Waals surface area contributed by atoms with E-state index < -0.39 is 24.0 Å². The van der Waals surface area contributed by atoms with Gasteiger partial charge in [-0.15, -0.1) is 0 Å². The van der Waals surface area contributed by atoms with Crippen LogP contribution in [0.1, 0.15) is 18.4 Å². The van der Waals surface area contributed by atoms with Crippen molar-refractivity contribution in [1.29, 1.82) is 0 Å². The van der Waals surface area contributed by atoms with E-state index in [-0.39, 0.29) is 12.8 Å². The molecule has 21 heavy (non-hydrogen) atoms. The Balaban J connectivity index is 2.31. The normalized spacial score (nSPS) is 11.5. The number of carbonyl (C=O) groups excluding carboxylic acids is 2. The first-order valence-electron chi connectivity index (χ1n) is 6.38. The van der Waals surface area contributed by atoms with Crippen molar-refractivity contribution in [3.05, 3.63) is 22.4 Å². The van der Waals surface area contributed by atoms with Crippen molar-refractivity contribution in [2.75, 3.05) is 13.7 Å². The lowest BCUT2D eigenvalue weighted by molar-refractivity contribution is -0.142. The van der Waals surface area contributed by atoms with Crippen LogP contribution in [0.2, 0.25) is 0 Å². The van der Waals surface area contributed by atoms with Gasteiger partial charge >= 0.3 is 18.0 Å². The second-order valence-corrected chi connectivity index (χ2v) is 5.07. The molecule has 1 rings (SSSR count). The van der Waals surface area contributed by atoms with Gasteiger partial charge in [0.25, 0.3) is 0 Å². The summed E-state index contributed by atoms with van der Waals surface area (Å²) >= 11 is 1.57. The number of ether oxygens (including phenoxy) is 1. The van der Waals surface area contributed by atoms with Gasteiger partial charge in [-0.2, -0.15) is 11.3 Å². The highest BCUT2D eigenvalue weighted by atomic mass is 32.1. The Bertz CT molecular complexity index is 475. The molecule has 1 heterocycles. The summed E-state index contributed by atoms with van der Waals surface area (Å²) < 4.78 is 4.43. The van der Waals surface area contributed by atoms with E-state index >= 15 is 0 Å². The smallest absolute Gasteiger partial charge is 0.326 e. The van der Waals surface area contributed by atoms with Gasteiger partial charge in [-0.1, -0.05) is 0 Å². The van der Waals surface area contributed by atoms with Crippen molar-refractivity contribution < 1.29 is 24.2 Å². The lowest BCUT2D eigenvalue weighted by Gasteiger charge is -2.14. The van der Waals surface area contributed by atoms with Crippen molar-refractivity contribution in [1.82, 2.24) is 10.6 Å². The lowest BCUT2D eigenvalue weighted by Crippen LogP contribution is -2.46. The predicted octanol–water partition coefficient (Wildman–Crippen LogP) is 0.996. The number of nitrogens with one attached hydrogen (secondary N) is 2. The van der Waals surface area contributed by atoms with Crippen LogP contribution in [0.4, 0.5) is 4.79 Å². The van der Waals surface area contributed by atoms with Crippen LogP contribution in [0, 0.1) is 0 Å². The number of aliphatic carboxylic acids is 1. The zero-order valence-electron chi connectivity index (χ0n) is 11.6. The molecule has 1 atom stereocenters. The van der Waals surface area contributed by atoms with Crippen LogP contribution in [-0.2, 0) is 20.7 Å². The predicted molar refractivity (Wildman–Crippen MR) is 77.2 cm³/mol. The fourth-order valence-corrected chi connectivity index (χ4v) is 2.29. The minimum atomic E-state index is -1.19. The fraction of sp³-hybridized carbons (Fsp3) is 0.462. The summed E-state index contributed by atoms with van der Waals surface area (Å²) in [5, 5.41) is 17.8. The molecular formula is C13H18N2O5S. The van der Waals surface area contributed by atoms with Gasteiger partial charge in [-0.3, -0.25) is 4.79 Å². The van der Waals surface area contributed by atoms with E-state index in [9.17, 15) is 14.4 Å². The third-order valence-corrected chi connectivity index (χ3v) is 3.48. The van der Waals surface area contributed by atoms with Crippen LogP contribution < -0.4 is 10.6 Å². The Labute approximate surface area is 126 Å². The molecule has 0 saturated carbocycles. The number of methoxy groups -OCH3 is 1. The highest BCUT2D eigenvalue weighted by Gasteiger charge is 2.20. The van der Waals surface area contributed by atoms with Gasteiger partial charge in [-0.25, -0.2) is 9.59 Å². The van der Waals surface area contributed by atoms with Crippen molar-refractivity contribution in [3.63, 3.8) is 0 Å². The number of amides is 2. The molecule has 0 bridgehead atoms. The van der Waals surface area contributed by atoms with Crippen molar-refractivity contribution >= 4 is 29.3 Å². The highest BCUT2D eigenvalue weighted by molar-refractivity contribution is 7.07. The van der Waals surface area contributed by atoms with Gasteiger partial charge < -0.3 is 20.5 Å². The quantitative estimate of drug-likeness (QED) is 0.621. The van der Waals surface area contributed by atoms with Gasteiger partial charge in [0.15, 0.2) is 0 Å². The Kier molecular flexibility index (Phi) is 7.24. The van der Waals surface area contributed by atoms with Gasteiger partial charge in [0, 0.05) is 13.0 Å². The molecule has 0 unspecified atom stereocenters. The summed E-state index contributed by atoms with van der Waals surface area (Å²) in [5.41, 5.74) is 1.11. The number of carbonyl (C=O) groups is 3. The molecule has 0 fully saturated rings. The van der Waals surface area contributed by atoms with Crippen LogP contribution in [0.25, 0.3) is 0 Å². The zero-order valence-corrected chi connectivity index (χ0v) is 12.4. The number of hydrogen-bond acceptors (Lipinski definition) is 5. The van der Waals surface area contributed by atoms with Crippen molar-refractivity contribution in [2.24, 2.45) is 0 Å². The summed E-state index contributed by atoms with van der Waals surface area (Å²) in [6.45, 7) is 0.409. The van der Waals surface area contributed by atoms with E-state index in [0.717, 1.165) is 5.56 Å². The van der Waals surface area contributed by atoms with E-state index in [1.165, 1.54) is 7.11 Å². The summed E-state index contributed by atoms with van der Waals surface area (Å²) in [7, 11) is 1.22. The number of urea groups is 1. The molecule has 0 spiro atoms. The SMILES string of the molecule is COC(=O)CC[C@@H](NC(=O)NCCc1ccsc1)C(=O)O. The van der Waals surface area contributed by atoms with Crippen LogP contribution in [0.5, 0.6) is 0 Å². The van der Waals surface area contributed by atoms with Gasteiger partial charge in [0.05, 0.1) is 7.11 Å². The van der Waals surface area contributed by atoms with Gasteiger partial charge in [0.1, 0.15) is 6.04 Å². The number of esters is 1. The topological polar surface area (TPSA) is 105 Å². The molecule has 0 aliphatic carbocycles. The Morgan fingerprint density at radius 2 is 2.19 bits per heavy atom. The summed E-state index contributed by atoms with van der Waals surface area (Å²) in [6.07, 6.45) is 0.597. The first-order chi connectivity index (χ1) is 10.0. The van der Waals surface area contributed by atoms with E-state index in [0.29, 0.717) is 13.0 Å². The molecule has 1 aromatic heterocycles. The Morgan fingerprint density at radius 3 is 2.76 bits per heavy atom. The molecule has 0 saturated heterocycles. The number of carboxylic acid groups (broad SMARTS) is 1. The average Bonchev–Trinajstić information content (AvgIpc) is 2.95. The first-order valence-corrected chi connectivity index (χ1v) is 7.32. The molecule has 1 aromatic rings. The zero-order chi connectivity index (χ0) is 15.7. The monoisotopic (exact) mass is 314 g/mol. The van der Waals surface area contributed by atoms with Crippen molar-refractivity contribution in [3.8, 4) is 0 Å². The van der Waals surface area contributed by atoms with Gasteiger partial charge in [-0.05, 0) is 35.2 Å². The van der Waals surface area contributed by atoms with Gasteiger partial charge in [0.2, 0.25) is 0 Å². The van der Waals surface area contributed by atoms with Crippen LogP contribution >= 0.6 is 11.3 Å². The Hall–Kier alpha value is -2.09. The van der Waals surface area contributed by atoms with Crippen molar-refractivity contribution in [2.45, 2.75) is 25.3 Å². The van der Waals surface area contributed by atoms with Crippen LogP contribution in [0.3, 0.4) is 0 Å². The molecule has 0 radical (unpaired) electrons. The van der Waals surface area contributed by atoms with Crippen LogP contribution in [0.15, 0.2) is 16.8 Å². The molecular weight excluding hydrogens is 296 g/mol. The number of rotatable bonds is 8. The number of thiophene rings is 1. The van der Waals surface area contributed by atoms with E-state index in [1.54, 1.807) is 11.3 Å². The third kappa shape index (κ3) is 6.75. The lowest BCUT2D eigenvalue weighted by atomic mass is 10.1. The highest BCUT2D eigenvalue weighted by Crippen LogP contribution is 2.05. The summed E-state index contributed by atoms with van der Waals surface area (Å²) in [5.74, 6) is -1.70. The number of hydrogen-bond donors (Lipinski definition) is 3. The maximum absolute atomic E-state index is 11.6. The maximum Gasteiger partial charge on any atom is 0.326 e. The van der Waals surface area contributed by atoms with E-state index in [2.05, 4.69) is 15.4 Å². The maximum atomic E-state index is 11.6. The van der Waals surface area contributed by atoms with E-state index in [4.69, 9.17) is 5.11 Å². The standard InChI is InChI=1S/C13H18N2O5S/c1-20-11(16)3-2-10(12(17)18)15-13(19)14-6-4-9-5-7-21-8-9/h5,7-8,10H,2-4,6H2,1H3,(H,17,18)(H2,14,15,19)/t10-/m1/s1.